The van der Waals surface area contributed by atoms with E-state index in [0.29, 0.717) is 10.8 Å². The Morgan fingerprint density at radius 3 is 2.65 bits per heavy atom. The van der Waals surface area contributed by atoms with Gasteiger partial charge in [0.2, 0.25) is 5.28 Å². The number of rotatable bonds is 1. The van der Waals surface area contributed by atoms with Crippen LogP contribution in [0.2, 0.25) is 10.3 Å². The maximum Gasteiger partial charge on any atom is 0.224 e. The highest BCUT2D eigenvalue weighted by Crippen LogP contribution is 2.21. The van der Waals surface area contributed by atoms with E-state index >= 15 is 0 Å². The van der Waals surface area contributed by atoms with Crippen molar-refractivity contribution in [2.45, 2.75) is 0 Å². The van der Waals surface area contributed by atoms with Crippen molar-refractivity contribution in [1.82, 2.24) is 19.7 Å². The summed E-state index contributed by atoms with van der Waals surface area (Å²) in [7, 11) is 0. The van der Waals surface area contributed by atoms with Gasteiger partial charge in [-0.3, -0.25) is 0 Å². The summed E-state index contributed by atoms with van der Waals surface area (Å²) in [5, 5.41) is 5.72. The van der Waals surface area contributed by atoms with Crippen LogP contribution in [0, 0.1) is 0 Å². The van der Waals surface area contributed by atoms with Gasteiger partial charge < -0.3 is 0 Å². The van der Waals surface area contributed by atoms with Crippen molar-refractivity contribution in [3.05, 3.63) is 47.0 Å². The highest BCUT2D eigenvalue weighted by Gasteiger charge is 2.08. The van der Waals surface area contributed by atoms with Gasteiger partial charge in [0.1, 0.15) is 0 Å². The Hall–Kier alpha value is -1.65. The summed E-state index contributed by atoms with van der Waals surface area (Å²) in [4.78, 5) is 8.33. The second-order valence-corrected chi connectivity index (χ2v) is 4.21. The number of halogens is 2. The summed E-state index contributed by atoms with van der Waals surface area (Å²) in [6, 6.07) is 7.59. The number of nitrogens with zero attached hydrogens (tertiary/aromatic N) is 4. The quantitative estimate of drug-likeness (QED) is 0.635. The topological polar surface area (TPSA) is 43.6 Å². The van der Waals surface area contributed by atoms with E-state index in [-0.39, 0.29) is 5.28 Å². The predicted molar refractivity (Wildman–Crippen MR) is 66.7 cm³/mol. The van der Waals surface area contributed by atoms with E-state index in [1.54, 1.807) is 17.1 Å². The van der Waals surface area contributed by atoms with Crippen molar-refractivity contribution in [2.24, 2.45) is 0 Å². The molecular weight excluding hydrogens is 259 g/mol. The Kier molecular flexibility index (Phi) is 2.46. The van der Waals surface area contributed by atoms with E-state index in [1.807, 2.05) is 24.3 Å². The highest BCUT2D eigenvalue weighted by molar-refractivity contribution is 6.30. The second kappa shape index (κ2) is 3.98. The minimum absolute atomic E-state index is 0.185. The van der Waals surface area contributed by atoms with Crippen molar-refractivity contribution in [1.29, 1.82) is 0 Å². The molecule has 0 spiro atoms. The number of hydrogen-bond donors (Lipinski definition) is 0. The van der Waals surface area contributed by atoms with Gasteiger partial charge in [-0.1, -0.05) is 23.7 Å². The van der Waals surface area contributed by atoms with Crippen LogP contribution in [-0.4, -0.2) is 19.7 Å². The molecule has 3 rings (SSSR count). The Bertz CT molecular complexity index is 693. The van der Waals surface area contributed by atoms with Crippen molar-refractivity contribution in [3.8, 4) is 5.82 Å². The Labute approximate surface area is 107 Å². The van der Waals surface area contributed by atoms with Crippen LogP contribution in [0.3, 0.4) is 0 Å². The molecule has 0 aliphatic carbocycles. The minimum atomic E-state index is 0.185. The van der Waals surface area contributed by atoms with Crippen LogP contribution in [-0.2, 0) is 0 Å². The summed E-state index contributed by atoms with van der Waals surface area (Å²) in [6.07, 6.45) is 3.22. The van der Waals surface area contributed by atoms with Crippen LogP contribution < -0.4 is 0 Å². The zero-order valence-corrected chi connectivity index (χ0v) is 10.0. The van der Waals surface area contributed by atoms with Crippen LogP contribution >= 0.6 is 23.2 Å². The zero-order valence-electron chi connectivity index (χ0n) is 8.51. The van der Waals surface area contributed by atoms with E-state index < -0.39 is 0 Å². The maximum atomic E-state index is 5.88. The molecule has 0 aliphatic heterocycles. The molecule has 1 aromatic carbocycles. The first-order valence-corrected chi connectivity index (χ1v) is 5.62. The van der Waals surface area contributed by atoms with Crippen molar-refractivity contribution < 1.29 is 0 Å². The Morgan fingerprint density at radius 1 is 1.06 bits per heavy atom. The summed E-state index contributed by atoms with van der Waals surface area (Å²) in [5.41, 5.74) is 0.772. The van der Waals surface area contributed by atoms with E-state index in [0.717, 1.165) is 10.9 Å². The first kappa shape index (κ1) is 10.5. The molecule has 4 nitrogen and oxygen atoms in total. The summed E-state index contributed by atoms with van der Waals surface area (Å²) in [5.74, 6) is 0.618. The Morgan fingerprint density at radius 2 is 1.88 bits per heavy atom. The molecule has 0 fully saturated rings. The van der Waals surface area contributed by atoms with Gasteiger partial charge in [-0.25, -0.2) is 9.67 Å². The molecule has 0 saturated heterocycles. The van der Waals surface area contributed by atoms with E-state index in [4.69, 9.17) is 23.2 Å². The van der Waals surface area contributed by atoms with Crippen molar-refractivity contribution in [3.63, 3.8) is 0 Å². The third-order valence-corrected chi connectivity index (χ3v) is 2.69. The largest absolute Gasteiger partial charge is 0.224 e. The smallest absolute Gasteiger partial charge is 0.220 e. The molecule has 2 heterocycles. The molecule has 17 heavy (non-hydrogen) atoms. The van der Waals surface area contributed by atoms with Gasteiger partial charge in [-0.05, 0) is 23.7 Å². The van der Waals surface area contributed by atoms with E-state index in [9.17, 15) is 0 Å². The Balaban J connectivity index is 2.35. The van der Waals surface area contributed by atoms with Crippen LogP contribution in [0.1, 0.15) is 0 Å². The number of aromatic nitrogens is 4. The van der Waals surface area contributed by atoms with Gasteiger partial charge >= 0.3 is 0 Å². The average molecular weight is 265 g/mol. The van der Waals surface area contributed by atoms with Crippen LogP contribution in [0.5, 0.6) is 0 Å². The molecule has 0 aliphatic rings. The molecule has 0 unspecified atom stereocenters. The maximum absolute atomic E-state index is 5.88. The molecule has 2 aromatic heterocycles. The fourth-order valence-corrected chi connectivity index (χ4v) is 1.93. The first-order chi connectivity index (χ1) is 8.24. The molecule has 3 aromatic rings. The third-order valence-electron chi connectivity index (χ3n) is 2.32. The van der Waals surface area contributed by atoms with Gasteiger partial charge in [0.05, 0.1) is 22.9 Å². The van der Waals surface area contributed by atoms with Crippen molar-refractivity contribution in [2.75, 3.05) is 0 Å². The molecule has 0 radical (unpaired) electrons. The predicted octanol–water partition coefficient (Wildman–Crippen LogP) is 3.12. The lowest BCUT2D eigenvalue weighted by molar-refractivity contribution is 0.851. The van der Waals surface area contributed by atoms with Crippen LogP contribution in [0.15, 0.2) is 36.7 Å². The van der Waals surface area contributed by atoms with Gasteiger partial charge in [-0.15, -0.1) is 0 Å². The monoisotopic (exact) mass is 264 g/mol. The van der Waals surface area contributed by atoms with E-state index in [2.05, 4.69) is 15.1 Å². The number of para-hydroxylation sites is 1. The summed E-state index contributed by atoms with van der Waals surface area (Å²) < 4.78 is 1.58. The molecule has 0 saturated carbocycles. The van der Waals surface area contributed by atoms with Crippen LogP contribution in [0.4, 0.5) is 0 Å². The molecule has 0 bridgehead atoms. The highest BCUT2D eigenvalue weighted by atomic mass is 35.5. The lowest BCUT2D eigenvalue weighted by Gasteiger charge is -2.05. The lowest BCUT2D eigenvalue weighted by atomic mass is 10.2. The third kappa shape index (κ3) is 1.85. The van der Waals surface area contributed by atoms with Gasteiger partial charge in [0.15, 0.2) is 5.82 Å². The molecule has 84 valence electrons. The standard InChI is InChI=1S/C11H6Cl2N4/c12-7-5-14-17(6-7)10-8-3-1-2-4-9(8)15-11(13)16-10/h1-6H. The molecule has 0 atom stereocenters. The summed E-state index contributed by atoms with van der Waals surface area (Å²) >= 11 is 11.7. The van der Waals surface area contributed by atoms with Gasteiger partial charge in [-0.2, -0.15) is 10.1 Å². The molecular formula is C11H6Cl2N4. The lowest BCUT2D eigenvalue weighted by Crippen LogP contribution is -2.00. The number of benzene rings is 1. The van der Waals surface area contributed by atoms with E-state index in [1.165, 1.54) is 0 Å². The normalized spacial score (nSPS) is 10.9. The fraction of sp³-hybridized carbons (Fsp3) is 0. The van der Waals surface area contributed by atoms with Gasteiger partial charge in [0.25, 0.3) is 0 Å². The van der Waals surface area contributed by atoms with Crippen LogP contribution in [0.25, 0.3) is 16.7 Å². The fourth-order valence-electron chi connectivity index (χ4n) is 1.62. The van der Waals surface area contributed by atoms with Crippen molar-refractivity contribution >= 4 is 34.1 Å². The molecule has 0 amide bonds. The SMILES string of the molecule is Clc1cnn(-c2nc(Cl)nc3ccccc23)c1. The summed E-state index contributed by atoms with van der Waals surface area (Å²) in [6.45, 7) is 0. The number of fused-ring (bicyclic) bond motifs is 1. The molecule has 6 heteroatoms. The second-order valence-electron chi connectivity index (χ2n) is 3.44. The van der Waals surface area contributed by atoms with Gasteiger partial charge in [0, 0.05) is 5.39 Å². The number of hydrogen-bond acceptors (Lipinski definition) is 3. The first-order valence-electron chi connectivity index (χ1n) is 4.87. The average Bonchev–Trinajstić information content (AvgIpc) is 2.74. The zero-order chi connectivity index (χ0) is 11.8. The molecule has 0 N–H and O–H groups in total. The minimum Gasteiger partial charge on any atom is -0.220 e.